The fraction of sp³-hybridized carbons (Fsp3) is 0.500. The van der Waals surface area contributed by atoms with Crippen molar-refractivity contribution in [1.82, 2.24) is 9.21 Å². The van der Waals surface area contributed by atoms with E-state index >= 15 is 0 Å². The van der Waals surface area contributed by atoms with Gasteiger partial charge in [0.15, 0.2) is 0 Å². The Morgan fingerprint density at radius 1 is 0.903 bits per heavy atom. The minimum Gasteiger partial charge on any atom is -0.289 e. The van der Waals surface area contributed by atoms with Crippen molar-refractivity contribution in [2.75, 3.05) is 19.3 Å². The number of halogens is 2. The SMILES string of the molecule is CS(=O)(=O)N(C1CN(C(c2ccc(Cl)cc2)c2ccc(Cl)cc2)C1)C1CC2CCC1C2. The molecule has 2 aromatic carbocycles. The van der Waals surface area contributed by atoms with Crippen LogP contribution in [-0.2, 0) is 10.0 Å². The molecule has 0 aromatic heterocycles. The van der Waals surface area contributed by atoms with Gasteiger partial charge in [-0.25, -0.2) is 8.42 Å². The number of rotatable bonds is 6. The van der Waals surface area contributed by atoms with E-state index in [9.17, 15) is 8.42 Å². The molecule has 31 heavy (non-hydrogen) atoms. The van der Waals surface area contributed by atoms with E-state index in [-0.39, 0.29) is 18.1 Å². The highest BCUT2D eigenvalue weighted by molar-refractivity contribution is 7.88. The van der Waals surface area contributed by atoms with Crippen LogP contribution < -0.4 is 0 Å². The van der Waals surface area contributed by atoms with Crippen molar-refractivity contribution in [2.24, 2.45) is 11.8 Å². The Hall–Kier alpha value is -1.11. The van der Waals surface area contributed by atoms with Gasteiger partial charge in [-0.2, -0.15) is 4.31 Å². The fourth-order valence-corrected chi connectivity index (χ4v) is 7.75. The van der Waals surface area contributed by atoms with Gasteiger partial charge in [-0.1, -0.05) is 53.9 Å². The molecule has 3 atom stereocenters. The van der Waals surface area contributed by atoms with E-state index in [1.54, 1.807) is 0 Å². The smallest absolute Gasteiger partial charge is 0.211 e. The summed E-state index contributed by atoms with van der Waals surface area (Å²) in [6.07, 6.45) is 6.07. The molecule has 1 heterocycles. The van der Waals surface area contributed by atoms with Gasteiger partial charge < -0.3 is 0 Å². The third-order valence-corrected chi connectivity index (χ3v) is 9.24. The molecule has 0 radical (unpaired) electrons. The lowest BCUT2D eigenvalue weighted by molar-refractivity contribution is 0.0277. The number of nitrogens with zero attached hydrogens (tertiary/aromatic N) is 2. The molecule has 1 aliphatic heterocycles. The van der Waals surface area contributed by atoms with Crippen molar-refractivity contribution < 1.29 is 8.42 Å². The Balaban J connectivity index is 1.39. The van der Waals surface area contributed by atoms with Crippen molar-refractivity contribution >= 4 is 33.2 Å². The first-order valence-electron chi connectivity index (χ1n) is 11.0. The lowest BCUT2D eigenvalue weighted by atomic mass is 9.91. The van der Waals surface area contributed by atoms with Gasteiger partial charge in [0, 0.05) is 29.2 Å². The van der Waals surface area contributed by atoms with Crippen molar-refractivity contribution in [3.8, 4) is 0 Å². The predicted molar refractivity (Wildman–Crippen MR) is 126 cm³/mol. The summed E-state index contributed by atoms with van der Waals surface area (Å²) >= 11 is 12.2. The summed E-state index contributed by atoms with van der Waals surface area (Å²) < 4.78 is 27.5. The maximum atomic E-state index is 12.8. The zero-order valence-electron chi connectivity index (χ0n) is 17.6. The van der Waals surface area contributed by atoms with Gasteiger partial charge in [0.2, 0.25) is 10.0 Å². The second kappa shape index (κ2) is 8.35. The molecule has 2 bridgehead atoms. The standard InChI is InChI=1S/C24H28Cl2N2O2S/c1-31(29,30)28(23-13-16-2-3-19(23)12-16)22-14-27(15-22)24(17-4-8-20(25)9-5-17)18-6-10-21(26)11-7-18/h4-11,16,19,22-24H,2-3,12-15H2,1H3. The summed E-state index contributed by atoms with van der Waals surface area (Å²) in [6, 6.07) is 16.1. The number of sulfonamides is 1. The molecule has 1 saturated heterocycles. The zero-order valence-corrected chi connectivity index (χ0v) is 20.0. The Morgan fingerprint density at radius 3 is 1.87 bits per heavy atom. The topological polar surface area (TPSA) is 40.6 Å². The largest absolute Gasteiger partial charge is 0.289 e. The van der Waals surface area contributed by atoms with Crippen molar-refractivity contribution in [3.05, 3.63) is 69.7 Å². The number of fused-ring (bicyclic) bond motifs is 2. The molecule has 0 amide bonds. The predicted octanol–water partition coefficient (Wildman–Crippen LogP) is 5.22. The molecule has 0 spiro atoms. The number of hydrogen-bond acceptors (Lipinski definition) is 3. The average Bonchev–Trinajstić information content (AvgIpc) is 3.31. The van der Waals surface area contributed by atoms with Crippen LogP contribution >= 0.6 is 23.2 Å². The summed E-state index contributed by atoms with van der Waals surface area (Å²) in [7, 11) is -3.25. The van der Waals surface area contributed by atoms with Crippen LogP contribution in [0, 0.1) is 11.8 Å². The van der Waals surface area contributed by atoms with E-state index < -0.39 is 10.0 Å². The van der Waals surface area contributed by atoms with Crippen LogP contribution in [0.2, 0.25) is 10.0 Å². The first-order chi connectivity index (χ1) is 14.8. The second-order valence-corrected chi connectivity index (χ2v) is 12.2. The van der Waals surface area contributed by atoms with Crippen LogP contribution in [0.3, 0.4) is 0 Å². The van der Waals surface area contributed by atoms with Crippen LogP contribution in [0.15, 0.2) is 48.5 Å². The monoisotopic (exact) mass is 478 g/mol. The summed E-state index contributed by atoms with van der Waals surface area (Å²) in [5.41, 5.74) is 2.30. The molecule has 4 nitrogen and oxygen atoms in total. The maximum Gasteiger partial charge on any atom is 0.211 e. The summed E-state index contributed by atoms with van der Waals surface area (Å²) in [5, 5.41) is 1.42. The van der Waals surface area contributed by atoms with Gasteiger partial charge in [-0.05, 0) is 66.5 Å². The van der Waals surface area contributed by atoms with Crippen LogP contribution in [0.25, 0.3) is 0 Å². The van der Waals surface area contributed by atoms with E-state index in [1.165, 1.54) is 25.5 Å². The van der Waals surface area contributed by atoms with Gasteiger partial charge in [0.05, 0.1) is 18.3 Å². The highest BCUT2D eigenvalue weighted by Crippen LogP contribution is 2.48. The number of benzene rings is 2. The first kappa shape index (κ1) is 21.7. The van der Waals surface area contributed by atoms with E-state index in [4.69, 9.17) is 23.2 Å². The van der Waals surface area contributed by atoms with E-state index in [1.807, 2.05) is 28.6 Å². The Labute approximate surface area is 195 Å². The van der Waals surface area contributed by atoms with Crippen molar-refractivity contribution in [3.63, 3.8) is 0 Å². The first-order valence-corrected chi connectivity index (χ1v) is 13.6. The van der Waals surface area contributed by atoms with Gasteiger partial charge in [0.25, 0.3) is 0 Å². The molecular formula is C24H28Cl2N2O2S. The third-order valence-electron chi connectivity index (χ3n) is 7.40. The fourth-order valence-electron chi connectivity index (χ4n) is 6.07. The molecule has 2 saturated carbocycles. The van der Waals surface area contributed by atoms with Crippen LogP contribution in [0.1, 0.15) is 42.9 Å². The third kappa shape index (κ3) is 4.28. The molecule has 3 aliphatic rings. The van der Waals surface area contributed by atoms with Crippen molar-refractivity contribution in [1.29, 1.82) is 0 Å². The minimum absolute atomic E-state index is 0.0430. The maximum absolute atomic E-state index is 12.8. The molecule has 2 aliphatic carbocycles. The van der Waals surface area contributed by atoms with E-state index in [0.29, 0.717) is 21.9 Å². The molecular weight excluding hydrogens is 451 g/mol. The van der Waals surface area contributed by atoms with Gasteiger partial charge in [-0.3, -0.25) is 4.90 Å². The number of hydrogen-bond donors (Lipinski definition) is 0. The normalized spacial score (nSPS) is 26.7. The Morgan fingerprint density at radius 2 is 1.45 bits per heavy atom. The molecule has 0 N–H and O–H groups in total. The minimum atomic E-state index is -3.25. The molecule has 3 fully saturated rings. The molecule has 166 valence electrons. The average molecular weight is 479 g/mol. The van der Waals surface area contributed by atoms with Crippen LogP contribution in [0.5, 0.6) is 0 Å². The highest BCUT2D eigenvalue weighted by Gasteiger charge is 2.50. The zero-order chi connectivity index (χ0) is 21.8. The van der Waals surface area contributed by atoms with Gasteiger partial charge in [0.1, 0.15) is 0 Å². The van der Waals surface area contributed by atoms with E-state index in [2.05, 4.69) is 29.2 Å². The lowest BCUT2D eigenvalue weighted by Gasteiger charge is -2.50. The van der Waals surface area contributed by atoms with Crippen LogP contribution in [0.4, 0.5) is 0 Å². The highest BCUT2D eigenvalue weighted by atomic mass is 35.5. The molecule has 2 aromatic rings. The Bertz CT molecular complexity index is 991. The number of likely N-dealkylation sites (tertiary alicyclic amines) is 1. The lowest BCUT2D eigenvalue weighted by Crippen LogP contribution is -2.64. The van der Waals surface area contributed by atoms with Gasteiger partial charge in [-0.15, -0.1) is 0 Å². The second-order valence-electron chi connectivity index (χ2n) is 9.45. The molecule has 3 unspecified atom stereocenters. The Kier molecular flexibility index (Phi) is 5.85. The van der Waals surface area contributed by atoms with E-state index in [0.717, 1.165) is 30.6 Å². The summed E-state index contributed by atoms with van der Waals surface area (Å²) in [4.78, 5) is 2.36. The molecule has 5 rings (SSSR count). The summed E-state index contributed by atoms with van der Waals surface area (Å²) in [5.74, 6) is 1.25. The van der Waals surface area contributed by atoms with Crippen molar-refractivity contribution in [2.45, 2.75) is 43.8 Å². The quantitative estimate of drug-likeness (QED) is 0.571. The summed E-state index contributed by atoms with van der Waals surface area (Å²) in [6.45, 7) is 1.47. The molecule has 7 heteroatoms. The van der Waals surface area contributed by atoms with Crippen LogP contribution in [-0.4, -0.2) is 49.1 Å². The van der Waals surface area contributed by atoms with Gasteiger partial charge >= 0.3 is 0 Å².